The van der Waals surface area contributed by atoms with E-state index in [2.05, 4.69) is 34.1 Å². The maximum atomic E-state index is 12.4. The van der Waals surface area contributed by atoms with E-state index in [0.29, 0.717) is 6.54 Å². The van der Waals surface area contributed by atoms with Crippen molar-refractivity contribution in [2.24, 2.45) is 5.92 Å². The third kappa shape index (κ3) is 4.92. The van der Waals surface area contributed by atoms with Crippen LogP contribution < -0.4 is 5.32 Å². The molecule has 4 heteroatoms. The topological polar surface area (TPSA) is 46.9 Å². The third-order valence-corrected chi connectivity index (χ3v) is 6.47. The number of hydrogen-bond donors (Lipinski definition) is 1. The number of carbonyl (C=O) groups is 1. The van der Waals surface area contributed by atoms with Crippen LogP contribution in [0.5, 0.6) is 0 Å². The van der Waals surface area contributed by atoms with Gasteiger partial charge in [-0.15, -0.1) is 0 Å². The standard InChI is InChI=1S/C26H33N3O/c1-20-10-5-6-13-22(20)26(30)27-18-9-16-25-28-23-14-7-8-15-24(23)29(25)19-17-21-11-3-2-4-12-21/h5-8,10,13-15,21H,2-4,9,11-12,16-19H2,1H3,(H,27,30). The van der Waals surface area contributed by atoms with Crippen LogP contribution in [0, 0.1) is 12.8 Å². The summed E-state index contributed by atoms with van der Waals surface area (Å²) in [5.41, 5.74) is 4.10. The minimum absolute atomic E-state index is 0.0129. The Morgan fingerprint density at radius 3 is 2.67 bits per heavy atom. The summed E-state index contributed by atoms with van der Waals surface area (Å²) in [7, 11) is 0. The Kier molecular flexibility index (Phi) is 6.83. The molecule has 0 unspecified atom stereocenters. The quantitative estimate of drug-likeness (QED) is 0.492. The summed E-state index contributed by atoms with van der Waals surface area (Å²) in [6.07, 6.45) is 9.98. The van der Waals surface area contributed by atoms with Crippen LogP contribution in [-0.2, 0) is 13.0 Å². The van der Waals surface area contributed by atoms with E-state index in [1.54, 1.807) is 0 Å². The lowest BCUT2D eigenvalue weighted by molar-refractivity contribution is 0.0952. The van der Waals surface area contributed by atoms with Crippen LogP contribution in [0.2, 0.25) is 0 Å². The zero-order valence-corrected chi connectivity index (χ0v) is 18.1. The summed E-state index contributed by atoms with van der Waals surface area (Å²) in [4.78, 5) is 17.3. The minimum Gasteiger partial charge on any atom is -0.352 e. The Morgan fingerprint density at radius 2 is 1.83 bits per heavy atom. The van der Waals surface area contributed by atoms with Crippen molar-refractivity contribution in [3.8, 4) is 0 Å². The molecule has 0 aliphatic heterocycles. The van der Waals surface area contributed by atoms with Gasteiger partial charge in [0.15, 0.2) is 0 Å². The lowest BCUT2D eigenvalue weighted by Crippen LogP contribution is -2.25. The van der Waals surface area contributed by atoms with Crippen molar-refractivity contribution in [2.75, 3.05) is 6.54 Å². The first-order valence-corrected chi connectivity index (χ1v) is 11.5. The zero-order valence-electron chi connectivity index (χ0n) is 18.1. The van der Waals surface area contributed by atoms with Gasteiger partial charge in [-0.3, -0.25) is 4.79 Å². The fourth-order valence-electron chi connectivity index (χ4n) is 4.72. The number of nitrogens with zero attached hydrogens (tertiary/aromatic N) is 2. The second-order valence-electron chi connectivity index (χ2n) is 8.64. The van der Waals surface area contributed by atoms with Gasteiger partial charge in [0.1, 0.15) is 5.82 Å². The van der Waals surface area contributed by atoms with Gasteiger partial charge in [-0.25, -0.2) is 4.98 Å². The smallest absolute Gasteiger partial charge is 0.251 e. The largest absolute Gasteiger partial charge is 0.352 e. The molecule has 0 saturated heterocycles. The van der Waals surface area contributed by atoms with E-state index in [-0.39, 0.29) is 5.91 Å². The highest BCUT2D eigenvalue weighted by molar-refractivity contribution is 5.95. The molecule has 158 valence electrons. The maximum absolute atomic E-state index is 12.4. The summed E-state index contributed by atoms with van der Waals surface area (Å²) < 4.78 is 2.42. The summed E-state index contributed by atoms with van der Waals surface area (Å²) in [5.74, 6) is 2.03. The first-order chi connectivity index (χ1) is 14.7. The molecule has 30 heavy (non-hydrogen) atoms. The van der Waals surface area contributed by atoms with Gasteiger partial charge in [-0.1, -0.05) is 62.4 Å². The van der Waals surface area contributed by atoms with Crippen LogP contribution >= 0.6 is 0 Å². The number of rotatable bonds is 8. The van der Waals surface area contributed by atoms with Crippen molar-refractivity contribution in [3.05, 3.63) is 65.5 Å². The van der Waals surface area contributed by atoms with Gasteiger partial charge >= 0.3 is 0 Å². The molecule has 3 aromatic rings. The number of amides is 1. The van der Waals surface area contributed by atoms with E-state index >= 15 is 0 Å². The van der Waals surface area contributed by atoms with E-state index in [1.165, 1.54) is 44.0 Å². The molecule has 0 atom stereocenters. The minimum atomic E-state index is 0.0129. The highest BCUT2D eigenvalue weighted by Gasteiger charge is 2.16. The zero-order chi connectivity index (χ0) is 20.8. The number of imidazole rings is 1. The lowest BCUT2D eigenvalue weighted by Gasteiger charge is -2.22. The second-order valence-corrected chi connectivity index (χ2v) is 8.64. The van der Waals surface area contributed by atoms with Gasteiger partial charge in [-0.2, -0.15) is 0 Å². The number of aryl methyl sites for hydroxylation is 3. The van der Waals surface area contributed by atoms with E-state index < -0.39 is 0 Å². The van der Waals surface area contributed by atoms with Gasteiger partial charge < -0.3 is 9.88 Å². The second kappa shape index (κ2) is 9.92. The molecule has 2 aromatic carbocycles. The fourth-order valence-corrected chi connectivity index (χ4v) is 4.72. The van der Waals surface area contributed by atoms with E-state index in [9.17, 15) is 4.79 Å². The Balaban J connectivity index is 1.37. The van der Waals surface area contributed by atoms with E-state index in [4.69, 9.17) is 4.98 Å². The first-order valence-electron chi connectivity index (χ1n) is 11.5. The summed E-state index contributed by atoms with van der Waals surface area (Å²) >= 11 is 0. The highest BCUT2D eigenvalue weighted by atomic mass is 16.1. The molecule has 1 aliphatic carbocycles. The van der Waals surface area contributed by atoms with Crippen molar-refractivity contribution in [1.29, 1.82) is 0 Å². The van der Waals surface area contributed by atoms with Crippen molar-refractivity contribution >= 4 is 16.9 Å². The van der Waals surface area contributed by atoms with E-state index in [1.807, 2.05) is 31.2 Å². The number of benzene rings is 2. The number of para-hydroxylation sites is 2. The Labute approximate surface area is 179 Å². The van der Waals surface area contributed by atoms with E-state index in [0.717, 1.165) is 47.8 Å². The number of aromatic nitrogens is 2. The fraction of sp³-hybridized carbons (Fsp3) is 0.462. The Hall–Kier alpha value is -2.62. The molecule has 1 fully saturated rings. The van der Waals surface area contributed by atoms with Crippen molar-refractivity contribution in [2.45, 2.75) is 64.8 Å². The van der Waals surface area contributed by atoms with Crippen LogP contribution in [0.3, 0.4) is 0 Å². The molecule has 1 aliphatic rings. The van der Waals surface area contributed by atoms with Crippen LogP contribution in [0.1, 0.15) is 66.7 Å². The molecule has 4 nitrogen and oxygen atoms in total. The van der Waals surface area contributed by atoms with Crippen molar-refractivity contribution < 1.29 is 4.79 Å². The average molecular weight is 404 g/mol. The molecule has 0 spiro atoms. The van der Waals surface area contributed by atoms with Gasteiger partial charge in [-0.05, 0) is 49.4 Å². The summed E-state index contributed by atoms with van der Waals surface area (Å²) in [6, 6.07) is 16.2. The van der Waals surface area contributed by atoms with Crippen molar-refractivity contribution in [3.63, 3.8) is 0 Å². The number of hydrogen-bond acceptors (Lipinski definition) is 2. The molecule has 1 heterocycles. The SMILES string of the molecule is Cc1ccccc1C(=O)NCCCc1nc2ccccc2n1CCC1CCCCC1. The number of nitrogens with one attached hydrogen (secondary N) is 1. The van der Waals surface area contributed by atoms with Gasteiger partial charge in [0.25, 0.3) is 5.91 Å². The highest BCUT2D eigenvalue weighted by Crippen LogP contribution is 2.28. The molecule has 1 N–H and O–H groups in total. The first kappa shape index (κ1) is 20.6. The molecule has 1 amide bonds. The van der Waals surface area contributed by atoms with Gasteiger partial charge in [0, 0.05) is 25.1 Å². The molecule has 4 rings (SSSR count). The number of fused-ring (bicyclic) bond motifs is 1. The Morgan fingerprint density at radius 1 is 1.07 bits per heavy atom. The predicted molar refractivity (Wildman–Crippen MR) is 123 cm³/mol. The molecular formula is C26H33N3O. The molecule has 1 saturated carbocycles. The molecule has 0 bridgehead atoms. The molecule has 0 radical (unpaired) electrons. The summed E-state index contributed by atoms with van der Waals surface area (Å²) in [5, 5.41) is 3.07. The van der Waals surface area contributed by atoms with Crippen molar-refractivity contribution in [1.82, 2.24) is 14.9 Å². The van der Waals surface area contributed by atoms with Gasteiger partial charge in [0.05, 0.1) is 11.0 Å². The van der Waals surface area contributed by atoms with Crippen LogP contribution in [-0.4, -0.2) is 22.0 Å². The van der Waals surface area contributed by atoms with Crippen LogP contribution in [0.4, 0.5) is 0 Å². The molecule has 1 aromatic heterocycles. The normalized spacial score (nSPS) is 14.8. The van der Waals surface area contributed by atoms with Gasteiger partial charge in [0.2, 0.25) is 0 Å². The third-order valence-electron chi connectivity index (χ3n) is 6.47. The lowest BCUT2D eigenvalue weighted by atomic mass is 9.87. The molecular weight excluding hydrogens is 370 g/mol. The van der Waals surface area contributed by atoms with Crippen LogP contribution in [0.15, 0.2) is 48.5 Å². The van der Waals surface area contributed by atoms with Crippen LogP contribution in [0.25, 0.3) is 11.0 Å². The maximum Gasteiger partial charge on any atom is 0.251 e. The number of carbonyl (C=O) groups excluding carboxylic acids is 1. The average Bonchev–Trinajstić information content (AvgIpc) is 3.13. The summed E-state index contributed by atoms with van der Waals surface area (Å²) in [6.45, 7) is 3.69. The predicted octanol–water partition coefficient (Wildman–Crippen LogP) is 5.68. The monoisotopic (exact) mass is 403 g/mol. The Bertz CT molecular complexity index is 985.